The largest absolute Gasteiger partial charge is 0.496 e. The van der Waals surface area contributed by atoms with Crippen LogP contribution in [0.25, 0.3) is 11.1 Å². The number of ether oxygens (including phenoxy) is 1. The molecule has 1 N–H and O–H groups in total. The van der Waals surface area contributed by atoms with Gasteiger partial charge in [0.25, 0.3) is 5.91 Å². The highest BCUT2D eigenvalue weighted by Gasteiger charge is 2.34. The molecule has 0 bridgehead atoms. The summed E-state index contributed by atoms with van der Waals surface area (Å²) in [6, 6.07) is 15.0. The zero-order chi connectivity index (χ0) is 22.3. The van der Waals surface area contributed by atoms with Crippen LogP contribution in [0.4, 0.5) is 0 Å². The molecule has 2 fully saturated rings. The van der Waals surface area contributed by atoms with E-state index in [2.05, 4.69) is 5.32 Å². The van der Waals surface area contributed by atoms with Gasteiger partial charge in [0.1, 0.15) is 11.8 Å². The topological polar surface area (TPSA) is 58.6 Å². The summed E-state index contributed by atoms with van der Waals surface area (Å²) in [6.45, 7) is 1.36. The minimum absolute atomic E-state index is 0.000908. The summed E-state index contributed by atoms with van der Waals surface area (Å²) in [5, 5.41) is 3.16. The van der Waals surface area contributed by atoms with Gasteiger partial charge in [-0.25, -0.2) is 0 Å². The van der Waals surface area contributed by atoms with E-state index in [1.54, 1.807) is 12.0 Å². The van der Waals surface area contributed by atoms with Crippen LogP contribution in [0.15, 0.2) is 48.5 Å². The number of carbonyl (C=O) groups excluding carboxylic acids is 2. The van der Waals surface area contributed by atoms with Gasteiger partial charge in [0.15, 0.2) is 0 Å². The van der Waals surface area contributed by atoms with Gasteiger partial charge in [-0.3, -0.25) is 9.59 Å². The highest BCUT2D eigenvalue weighted by molar-refractivity contribution is 5.99. The molecule has 32 heavy (non-hydrogen) atoms. The van der Waals surface area contributed by atoms with Crippen molar-refractivity contribution < 1.29 is 14.3 Å². The molecule has 1 saturated carbocycles. The van der Waals surface area contributed by atoms with Crippen molar-refractivity contribution in [1.82, 2.24) is 10.2 Å². The van der Waals surface area contributed by atoms with E-state index in [1.165, 1.54) is 38.5 Å². The van der Waals surface area contributed by atoms with E-state index in [4.69, 9.17) is 4.74 Å². The molecule has 170 valence electrons. The standard InChI is InChI=1S/C27H34N2O3/c1-32-25-16-7-6-14-23(25)21-12-8-13-22(18-21)27(31)29-17-9-15-24(29)26(30)28-19-20-10-4-2-3-5-11-20/h6-8,12-14,16,18,20,24H,2-5,9-11,15,17,19H2,1H3,(H,28,30)/t24-/m0/s1. The quantitative estimate of drug-likeness (QED) is 0.647. The molecule has 0 spiro atoms. The molecule has 1 saturated heterocycles. The molecule has 1 aliphatic carbocycles. The molecule has 0 radical (unpaired) electrons. The number of nitrogens with one attached hydrogen (secondary N) is 1. The van der Waals surface area contributed by atoms with Crippen LogP contribution in [0.2, 0.25) is 0 Å². The van der Waals surface area contributed by atoms with Crippen molar-refractivity contribution in [2.45, 2.75) is 57.4 Å². The van der Waals surface area contributed by atoms with E-state index < -0.39 is 0 Å². The number of nitrogens with zero attached hydrogens (tertiary/aromatic N) is 1. The molecule has 1 heterocycles. The molecule has 2 aliphatic rings. The third-order valence-corrected chi connectivity index (χ3v) is 6.88. The van der Waals surface area contributed by atoms with Crippen LogP contribution in [-0.4, -0.2) is 43.0 Å². The first-order valence-electron chi connectivity index (χ1n) is 12.0. The molecule has 5 heteroatoms. The van der Waals surface area contributed by atoms with Crippen molar-refractivity contribution >= 4 is 11.8 Å². The SMILES string of the molecule is COc1ccccc1-c1cccc(C(=O)N2CCC[C@H]2C(=O)NCC2CCCCCC2)c1. The summed E-state index contributed by atoms with van der Waals surface area (Å²) in [6.07, 6.45) is 9.13. The highest BCUT2D eigenvalue weighted by atomic mass is 16.5. The Morgan fingerprint density at radius 1 is 0.969 bits per heavy atom. The van der Waals surface area contributed by atoms with Crippen molar-refractivity contribution in [3.8, 4) is 16.9 Å². The number of hydrogen-bond donors (Lipinski definition) is 1. The van der Waals surface area contributed by atoms with E-state index in [-0.39, 0.29) is 17.9 Å². The number of hydrogen-bond acceptors (Lipinski definition) is 3. The summed E-state index contributed by atoms with van der Waals surface area (Å²) in [7, 11) is 1.65. The number of benzene rings is 2. The molecule has 0 unspecified atom stereocenters. The van der Waals surface area contributed by atoms with Gasteiger partial charge in [0.05, 0.1) is 7.11 Å². The van der Waals surface area contributed by atoms with Gasteiger partial charge in [-0.1, -0.05) is 56.0 Å². The maximum absolute atomic E-state index is 13.4. The van der Waals surface area contributed by atoms with Crippen molar-refractivity contribution in [2.24, 2.45) is 5.92 Å². The second-order valence-corrected chi connectivity index (χ2v) is 9.04. The van der Waals surface area contributed by atoms with Crippen molar-refractivity contribution in [1.29, 1.82) is 0 Å². The van der Waals surface area contributed by atoms with Gasteiger partial charge < -0.3 is 15.0 Å². The normalized spacial score (nSPS) is 19.4. The predicted octanol–water partition coefficient (Wildman–Crippen LogP) is 5.05. The molecule has 2 aromatic carbocycles. The Morgan fingerprint density at radius 3 is 2.53 bits per heavy atom. The first-order valence-corrected chi connectivity index (χ1v) is 12.0. The Morgan fingerprint density at radius 2 is 1.75 bits per heavy atom. The summed E-state index contributed by atoms with van der Waals surface area (Å²) in [4.78, 5) is 28.1. The Kier molecular flexibility index (Phi) is 7.46. The maximum Gasteiger partial charge on any atom is 0.254 e. The monoisotopic (exact) mass is 434 g/mol. The summed E-state index contributed by atoms with van der Waals surface area (Å²) in [5.41, 5.74) is 2.49. The second-order valence-electron chi connectivity index (χ2n) is 9.04. The van der Waals surface area contributed by atoms with Gasteiger partial charge in [-0.2, -0.15) is 0 Å². The van der Waals surface area contributed by atoms with Crippen LogP contribution >= 0.6 is 0 Å². The molecule has 5 nitrogen and oxygen atoms in total. The van der Waals surface area contributed by atoms with Crippen LogP contribution in [0, 0.1) is 5.92 Å². The maximum atomic E-state index is 13.4. The van der Waals surface area contributed by atoms with Gasteiger partial charge in [-0.05, 0) is 55.4 Å². The Hall–Kier alpha value is -2.82. The molecular formula is C27H34N2O3. The number of carbonyl (C=O) groups is 2. The van der Waals surface area contributed by atoms with E-state index in [0.29, 0.717) is 18.0 Å². The number of rotatable bonds is 6. The first kappa shape index (κ1) is 22.4. The summed E-state index contributed by atoms with van der Waals surface area (Å²) in [5.74, 6) is 1.27. The lowest BCUT2D eigenvalue weighted by molar-refractivity contribution is -0.125. The minimum atomic E-state index is -0.372. The van der Waals surface area contributed by atoms with E-state index >= 15 is 0 Å². The zero-order valence-electron chi connectivity index (χ0n) is 19.0. The third-order valence-electron chi connectivity index (χ3n) is 6.88. The number of para-hydroxylation sites is 1. The van der Waals surface area contributed by atoms with Crippen molar-refractivity contribution in [3.05, 3.63) is 54.1 Å². The molecule has 0 aromatic heterocycles. The molecule has 1 aliphatic heterocycles. The Labute approximate surface area is 191 Å². The van der Waals surface area contributed by atoms with Crippen molar-refractivity contribution in [2.75, 3.05) is 20.2 Å². The molecular weight excluding hydrogens is 400 g/mol. The van der Waals surface area contributed by atoms with Gasteiger partial charge in [0, 0.05) is 24.2 Å². The molecule has 2 amide bonds. The van der Waals surface area contributed by atoms with Gasteiger partial charge in [-0.15, -0.1) is 0 Å². The average Bonchev–Trinajstić information content (AvgIpc) is 3.19. The smallest absolute Gasteiger partial charge is 0.254 e. The number of amides is 2. The van der Waals surface area contributed by atoms with Gasteiger partial charge in [0.2, 0.25) is 5.91 Å². The number of methoxy groups -OCH3 is 1. The minimum Gasteiger partial charge on any atom is -0.496 e. The summed E-state index contributed by atoms with van der Waals surface area (Å²) >= 11 is 0. The van der Waals surface area contributed by atoms with Crippen molar-refractivity contribution in [3.63, 3.8) is 0 Å². The Balaban J connectivity index is 1.44. The zero-order valence-corrected chi connectivity index (χ0v) is 19.0. The van der Waals surface area contributed by atoms with Crippen LogP contribution in [-0.2, 0) is 4.79 Å². The van der Waals surface area contributed by atoms with Crippen LogP contribution < -0.4 is 10.1 Å². The van der Waals surface area contributed by atoms with E-state index in [1.807, 2.05) is 48.5 Å². The van der Waals surface area contributed by atoms with E-state index in [9.17, 15) is 9.59 Å². The Bertz CT molecular complexity index is 934. The molecule has 4 rings (SSSR count). The van der Waals surface area contributed by atoms with Crippen LogP contribution in [0.1, 0.15) is 61.7 Å². The van der Waals surface area contributed by atoms with Crippen LogP contribution in [0.5, 0.6) is 5.75 Å². The third kappa shape index (κ3) is 5.14. The average molecular weight is 435 g/mol. The lowest BCUT2D eigenvalue weighted by atomic mass is 10.00. The highest BCUT2D eigenvalue weighted by Crippen LogP contribution is 2.31. The molecule has 1 atom stereocenters. The lowest BCUT2D eigenvalue weighted by Gasteiger charge is -2.25. The fourth-order valence-corrected chi connectivity index (χ4v) is 5.08. The number of likely N-dealkylation sites (tertiary alicyclic amines) is 1. The fourth-order valence-electron chi connectivity index (χ4n) is 5.08. The second kappa shape index (κ2) is 10.7. The summed E-state index contributed by atoms with van der Waals surface area (Å²) < 4.78 is 5.48. The van der Waals surface area contributed by atoms with Crippen LogP contribution in [0.3, 0.4) is 0 Å². The van der Waals surface area contributed by atoms with Gasteiger partial charge >= 0.3 is 0 Å². The first-order chi connectivity index (χ1) is 15.7. The van der Waals surface area contributed by atoms with E-state index in [0.717, 1.165) is 36.3 Å². The predicted molar refractivity (Wildman–Crippen MR) is 127 cm³/mol. The lowest BCUT2D eigenvalue weighted by Crippen LogP contribution is -2.47. The fraction of sp³-hybridized carbons (Fsp3) is 0.481. The molecule has 2 aromatic rings.